The number of halogens is 1. The second-order valence-electron chi connectivity index (χ2n) is 5.81. The number of amides is 1. The lowest BCUT2D eigenvalue weighted by molar-refractivity contribution is 0.0508. The molecule has 1 aromatic carbocycles. The van der Waals surface area contributed by atoms with Gasteiger partial charge in [-0.05, 0) is 45.4 Å². The molecule has 2 N–H and O–H groups in total. The Balaban J connectivity index is 2.26. The summed E-state index contributed by atoms with van der Waals surface area (Å²) in [6, 6.07) is 7.68. The van der Waals surface area contributed by atoms with Crippen molar-refractivity contribution in [3.63, 3.8) is 0 Å². The summed E-state index contributed by atoms with van der Waals surface area (Å²) in [4.78, 5) is 11.6. The van der Waals surface area contributed by atoms with E-state index in [-0.39, 0.29) is 6.04 Å². The van der Waals surface area contributed by atoms with Crippen LogP contribution < -0.4 is 10.6 Å². The monoisotopic (exact) mass is 298 g/mol. The van der Waals surface area contributed by atoms with Gasteiger partial charge in [-0.1, -0.05) is 23.7 Å². The first kappa shape index (κ1) is 16.8. The molecule has 0 saturated heterocycles. The van der Waals surface area contributed by atoms with Crippen molar-refractivity contribution in [3.05, 3.63) is 34.9 Å². The lowest BCUT2D eigenvalue weighted by atomic mass is 10.2. The van der Waals surface area contributed by atoms with Crippen molar-refractivity contribution in [1.82, 2.24) is 10.6 Å². The van der Waals surface area contributed by atoms with Crippen molar-refractivity contribution in [1.29, 1.82) is 0 Å². The van der Waals surface area contributed by atoms with Gasteiger partial charge >= 0.3 is 6.09 Å². The van der Waals surface area contributed by atoms with Crippen molar-refractivity contribution >= 4 is 17.7 Å². The molecule has 0 aliphatic carbocycles. The van der Waals surface area contributed by atoms with Crippen molar-refractivity contribution in [3.8, 4) is 0 Å². The van der Waals surface area contributed by atoms with Crippen LogP contribution in [0.25, 0.3) is 0 Å². The third kappa shape index (κ3) is 7.36. The Morgan fingerprint density at radius 1 is 1.40 bits per heavy atom. The zero-order chi connectivity index (χ0) is 15.2. The normalized spacial score (nSPS) is 12.8. The number of carbonyl (C=O) groups excluding carboxylic acids is 1. The Hall–Kier alpha value is -1.26. The molecule has 112 valence electrons. The Labute approximate surface area is 125 Å². The summed E-state index contributed by atoms with van der Waals surface area (Å²) in [6.07, 6.45) is -0.394. The van der Waals surface area contributed by atoms with Gasteiger partial charge in [0.2, 0.25) is 0 Å². The number of nitrogens with one attached hydrogen (secondary N) is 2. The Bertz CT molecular complexity index is 444. The molecule has 1 unspecified atom stereocenters. The number of rotatable bonds is 5. The average Bonchev–Trinajstić information content (AvgIpc) is 2.25. The van der Waals surface area contributed by atoms with E-state index >= 15 is 0 Å². The minimum absolute atomic E-state index is 0.0102. The second kappa shape index (κ2) is 7.50. The first-order valence-electron chi connectivity index (χ1n) is 6.71. The van der Waals surface area contributed by atoms with E-state index in [4.69, 9.17) is 16.3 Å². The molecule has 0 radical (unpaired) electrons. The molecule has 0 heterocycles. The number of hydrogen-bond acceptors (Lipinski definition) is 3. The van der Waals surface area contributed by atoms with Gasteiger partial charge in [0.15, 0.2) is 0 Å². The van der Waals surface area contributed by atoms with Gasteiger partial charge in [-0.2, -0.15) is 0 Å². The number of alkyl carbamates (subject to hydrolysis) is 1. The zero-order valence-corrected chi connectivity index (χ0v) is 13.3. The summed E-state index contributed by atoms with van der Waals surface area (Å²) in [6.45, 7) is 8.82. The standard InChI is InChI=1S/C15H23ClN2O2/c1-11(18-14(19)20-15(2,3)4)9-17-10-12-6-5-7-13(16)8-12/h5-8,11,17H,9-10H2,1-4H3,(H,18,19). The smallest absolute Gasteiger partial charge is 0.407 e. The molecule has 20 heavy (non-hydrogen) atoms. The van der Waals surface area contributed by atoms with Crippen LogP contribution in [0.15, 0.2) is 24.3 Å². The van der Waals surface area contributed by atoms with Gasteiger partial charge in [-0.3, -0.25) is 0 Å². The Kier molecular flexibility index (Phi) is 6.30. The molecule has 1 atom stereocenters. The van der Waals surface area contributed by atoms with E-state index in [0.717, 1.165) is 10.6 Å². The van der Waals surface area contributed by atoms with Gasteiger partial charge in [0.05, 0.1) is 0 Å². The summed E-state index contributed by atoms with van der Waals surface area (Å²) in [7, 11) is 0. The molecular formula is C15H23ClN2O2. The number of benzene rings is 1. The molecule has 0 aliphatic heterocycles. The predicted molar refractivity (Wildman–Crippen MR) is 82.0 cm³/mol. The summed E-state index contributed by atoms with van der Waals surface area (Å²) < 4.78 is 5.19. The topological polar surface area (TPSA) is 50.4 Å². The molecule has 1 rings (SSSR count). The molecule has 1 aromatic rings. The summed E-state index contributed by atoms with van der Waals surface area (Å²) in [5.74, 6) is 0. The van der Waals surface area contributed by atoms with Gasteiger partial charge in [-0.15, -0.1) is 0 Å². The van der Waals surface area contributed by atoms with Gasteiger partial charge in [0.1, 0.15) is 5.60 Å². The van der Waals surface area contributed by atoms with Gasteiger partial charge < -0.3 is 15.4 Å². The van der Waals surface area contributed by atoms with Gasteiger partial charge in [-0.25, -0.2) is 4.79 Å². The van der Waals surface area contributed by atoms with E-state index in [1.807, 2.05) is 52.0 Å². The maximum Gasteiger partial charge on any atom is 0.407 e. The maximum absolute atomic E-state index is 11.6. The van der Waals surface area contributed by atoms with Crippen LogP contribution in [0.4, 0.5) is 4.79 Å². The van der Waals surface area contributed by atoms with E-state index in [1.54, 1.807) is 0 Å². The predicted octanol–water partition coefficient (Wildman–Crippen LogP) is 3.34. The number of hydrogen-bond donors (Lipinski definition) is 2. The molecular weight excluding hydrogens is 276 g/mol. The van der Waals surface area contributed by atoms with Gasteiger partial charge in [0.25, 0.3) is 0 Å². The summed E-state index contributed by atoms with van der Waals surface area (Å²) in [5, 5.41) is 6.78. The van der Waals surface area contributed by atoms with Crippen LogP contribution in [-0.2, 0) is 11.3 Å². The molecule has 0 fully saturated rings. The molecule has 5 heteroatoms. The molecule has 0 spiro atoms. The van der Waals surface area contributed by atoms with Crippen molar-refractivity contribution in [2.45, 2.75) is 45.9 Å². The highest BCUT2D eigenvalue weighted by Crippen LogP contribution is 2.10. The van der Waals surface area contributed by atoms with Crippen molar-refractivity contribution in [2.75, 3.05) is 6.54 Å². The first-order valence-corrected chi connectivity index (χ1v) is 7.09. The average molecular weight is 299 g/mol. The maximum atomic E-state index is 11.6. The van der Waals surface area contributed by atoms with E-state index in [2.05, 4.69) is 10.6 Å². The Morgan fingerprint density at radius 2 is 2.10 bits per heavy atom. The fourth-order valence-electron chi connectivity index (χ4n) is 1.64. The highest BCUT2D eigenvalue weighted by molar-refractivity contribution is 6.30. The minimum atomic E-state index is -0.474. The lowest BCUT2D eigenvalue weighted by Gasteiger charge is -2.22. The van der Waals surface area contributed by atoms with Crippen LogP contribution in [0, 0.1) is 0 Å². The Morgan fingerprint density at radius 3 is 2.70 bits per heavy atom. The quantitative estimate of drug-likeness (QED) is 0.876. The van der Waals surface area contributed by atoms with Crippen molar-refractivity contribution < 1.29 is 9.53 Å². The largest absolute Gasteiger partial charge is 0.444 e. The van der Waals surface area contributed by atoms with Crippen LogP contribution in [-0.4, -0.2) is 24.3 Å². The lowest BCUT2D eigenvalue weighted by Crippen LogP contribution is -2.42. The van der Waals surface area contributed by atoms with E-state index < -0.39 is 11.7 Å². The van der Waals surface area contributed by atoms with Crippen molar-refractivity contribution in [2.24, 2.45) is 0 Å². The second-order valence-corrected chi connectivity index (χ2v) is 6.24. The molecule has 0 saturated carbocycles. The van der Waals surface area contributed by atoms with E-state index in [9.17, 15) is 4.79 Å². The fraction of sp³-hybridized carbons (Fsp3) is 0.533. The molecule has 0 aliphatic rings. The van der Waals surface area contributed by atoms with Crippen LogP contribution in [0.1, 0.15) is 33.3 Å². The van der Waals surface area contributed by atoms with Crippen LogP contribution in [0.2, 0.25) is 5.02 Å². The van der Waals surface area contributed by atoms with E-state index in [0.29, 0.717) is 13.1 Å². The molecule has 0 bridgehead atoms. The SMILES string of the molecule is CC(CNCc1cccc(Cl)c1)NC(=O)OC(C)(C)C. The molecule has 1 amide bonds. The van der Waals surface area contributed by atoms with Crippen LogP contribution >= 0.6 is 11.6 Å². The zero-order valence-electron chi connectivity index (χ0n) is 12.5. The molecule has 0 aromatic heterocycles. The van der Waals surface area contributed by atoms with Crippen LogP contribution in [0.5, 0.6) is 0 Å². The minimum Gasteiger partial charge on any atom is -0.444 e. The summed E-state index contributed by atoms with van der Waals surface area (Å²) >= 11 is 5.92. The van der Waals surface area contributed by atoms with E-state index in [1.165, 1.54) is 0 Å². The third-order valence-corrected chi connectivity index (χ3v) is 2.67. The molecule has 4 nitrogen and oxygen atoms in total. The first-order chi connectivity index (χ1) is 9.26. The van der Waals surface area contributed by atoms with Crippen LogP contribution in [0.3, 0.4) is 0 Å². The number of ether oxygens (including phenoxy) is 1. The number of carbonyl (C=O) groups is 1. The fourth-order valence-corrected chi connectivity index (χ4v) is 1.85. The highest BCUT2D eigenvalue weighted by Gasteiger charge is 2.17. The highest BCUT2D eigenvalue weighted by atomic mass is 35.5. The summed E-state index contributed by atoms with van der Waals surface area (Å²) in [5.41, 5.74) is 0.639. The third-order valence-electron chi connectivity index (χ3n) is 2.43. The van der Waals surface area contributed by atoms with Gasteiger partial charge in [0, 0.05) is 24.2 Å².